The molecule has 0 spiro atoms. The molecule has 0 saturated heterocycles. The number of nitrogens with two attached hydrogens (primary N) is 1. The molecular weight excluding hydrogens is 282 g/mol. The third-order valence-electron chi connectivity index (χ3n) is 2.65. The zero-order valence-corrected chi connectivity index (χ0v) is 12.6. The van der Waals surface area contributed by atoms with Crippen LogP contribution in [0.3, 0.4) is 0 Å². The molecular formula is C13H18ClN3OS. The lowest BCUT2D eigenvalue weighted by atomic mass is 10.1. The first-order valence-electron chi connectivity index (χ1n) is 6.10. The Labute approximate surface area is 123 Å². The van der Waals surface area contributed by atoms with E-state index < -0.39 is 0 Å². The van der Waals surface area contributed by atoms with Gasteiger partial charge in [0.1, 0.15) is 4.99 Å². The molecule has 4 nitrogen and oxygen atoms in total. The largest absolute Gasteiger partial charge is 0.389 e. The smallest absolute Gasteiger partial charge is 0.239 e. The third-order valence-corrected chi connectivity index (χ3v) is 3.11. The van der Waals surface area contributed by atoms with E-state index in [1.54, 1.807) is 12.1 Å². The van der Waals surface area contributed by atoms with E-state index in [9.17, 15) is 4.79 Å². The Morgan fingerprint density at radius 2 is 2.16 bits per heavy atom. The van der Waals surface area contributed by atoms with Crippen molar-refractivity contribution in [3.63, 3.8) is 0 Å². The van der Waals surface area contributed by atoms with E-state index in [4.69, 9.17) is 29.6 Å². The summed E-state index contributed by atoms with van der Waals surface area (Å²) in [5.74, 6) is -0.0341. The number of nitrogens with one attached hydrogen (secondary N) is 1. The molecule has 1 aromatic carbocycles. The van der Waals surface area contributed by atoms with Crippen molar-refractivity contribution in [1.82, 2.24) is 5.32 Å². The lowest BCUT2D eigenvalue weighted by Gasteiger charge is -2.25. The number of hydrogen-bond acceptors (Lipinski definition) is 3. The number of carbonyl (C=O) groups is 1. The van der Waals surface area contributed by atoms with Crippen LogP contribution in [-0.2, 0) is 4.79 Å². The fraction of sp³-hybridized carbons (Fsp3) is 0.385. The Hall–Kier alpha value is -1.33. The van der Waals surface area contributed by atoms with Crippen LogP contribution in [0.2, 0.25) is 5.02 Å². The lowest BCUT2D eigenvalue weighted by Crippen LogP contribution is -2.38. The number of likely N-dealkylation sites (N-methyl/N-ethyl adjacent to an activating group) is 2. The first-order chi connectivity index (χ1) is 8.99. The number of rotatable bonds is 6. The quantitative estimate of drug-likeness (QED) is 0.788. The summed E-state index contributed by atoms with van der Waals surface area (Å²) < 4.78 is 0. The highest BCUT2D eigenvalue weighted by molar-refractivity contribution is 7.80. The fourth-order valence-corrected chi connectivity index (χ4v) is 2.11. The Kier molecular flexibility index (Phi) is 6.05. The molecule has 19 heavy (non-hydrogen) atoms. The molecule has 0 fully saturated rings. The summed E-state index contributed by atoms with van der Waals surface area (Å²) in [6.07, 6.45) is 0. The van der Waals surface area contributed by atoms with E-state index >= 15 is 0 Å². The molecule has 0 radical (unpaired) electrons. The minimum Gasteiger partial charge on any atom is -0.389 e. The molecule has 0 unspecified atom stereocenters. The predicted molar refractivity (Wildman–Crippen MR) is 83.9 cm³/mol. The molecule has 1 aromatic rings. The van der Waals surface area contributed by atoms with E-state index in [1.807, 2.05) is 24.8 Å². The number of halogens is 1. The first kappa shape index (κ1) is 15.7. The maximum Gasteiger partial charge on any atom is 0.239 e. The lowest BCUT2D eigenvalue weighted by molar-refractivity contribution is -0.119. The zero-order chi connectivity index (χ0) is 14.4. The molecule has 1 rings (SSSR count). The van der Waals surface area contributed by atoms with Gasteiger partial charge in [-0.1, -0.05) is 23.8 Å². The second-order valence-corrected chi connectivity index (χ2v) is 4.87. The molecule has 0 aliphatic rings. The summed E-state index contributed by atoms with van der Waals surface area (Å²) in [6.45, 7) is 5.41. The summed E-state index contributed by atoms with van der Waals surface area (Å²) in [6, 6.07) is 5.32. The van der Waals surface area contributed by atoms with Crippen molar-refractivity contribution in [3.05, 3.63) is 28.8 Å². The van der Waals surface area contributed by atoms with Gasteiger partial charge in [0.2, 0.25) is 5.91 Å². The number of amides is 1. The summed E-state index contributed by atoms with van der Waals surface area (Å²) >= 11 is 11.0. The zero-order valence-electron chi connectivity index (χ0n) is 11.1. The van der Waals surface area contributed by atoms with Gasteiger partial charge in [-0.15, -0.1) is 0 Å². The molecule has 3 N–H and O–H groups in total. The molecule has 1 amide bonds. The number of carbonyl (C=O) groups excluding carboxylic acids is 1. The molecule has 104 valence electrons. The van der Waals surface area contributed by atoms with Crippen LogP contribution in [0.15, 0.2) is 18.2 Å². The van der Waals surface area contributed by atoms with Crippen LogP contribution < -0.4 is 16.0 Å². The van der Waals surface area contributed by atoms with E-state index in [-0.39, 0.29) is 17.4 Å². The molecule has 0 saturated carbocycles. The average Bonchev–Trinajstić information content (AvgIpc) is 2.36. The summed E-state index contributed by atoms with van der Waals surface area (Å²) in [5, 5.41) is 3.34. The van der Waals surface area contributed by atoms with Gasteiger partial charge < -0.3 is 16.0 Å². The second kappa shape index (κ2) is 7.31. The summed E-state index contributed by atoms with van der Waals surface area (Å²) in [5.41, 5.74) is 7.22. The number of hydrogen-bond donors (Lipinski definition) is 2. The fourth-order valence-electron chi connectivity index (χ4n) is 1.78. The van der Waals surface area contributed by atoms with Gasteiger partial charge in [0, 0.05) is 29.4 Å². The Bertz CT molecular complexity index is 479. The van der Waals surface area contributed by atoms with Crippen molar-refractivity contribution in [3.8, 4) is 0 Å². The van der Waals surface area contributed by atoms with Crippen LogP contribution in [-0.4, -0.2) is 30.5 Å². The molecule has 0 aromatic heterocycles. The van der Waals surface area contributed by atoms with Gasteiger partial charge in [-0.25, -0.2) is 0 Å². The standard InChI is InChI=1S/C13H18ClN3OS/c1-3-16-12(18)8-17(4-2)11-6-5-9(14)7-10(11)13(15)19/h5-7H,3-4,8H2,1-2H3,(H2,15,19)(H,16,18). The highest BCUT2D eigenvalue weighted by atomic mass is 35.5. The molecule has 0 aliphatic carbocycles. The summed E-state index contributed by atoms with van der Waals surface area (Å²) in [4.78, 5) is 13.9. The first-order valence-corrected chi connectivity index (χ1v) is 6.89. The van der Waals surface area contributed by atoms with Crippen LogP contribution in [0.4, 0.5) is 5.69 Å². The van der Waals surface area contributed by atoms with Crippen molar-refractivity contribution in [2.24, 2.45) is 5.73 Å². The van der Waals surface area contributed by atoms with Gasteiger partial charge >= 0.3 is 0 Å². The number of benzene rings is 1. The normalized spacial score (nSPS) is 10.1. The molecule has 6 heteroatoms. The highest BCUT2D eigenvalue weighted by Gasteiger charge is 2.15. The Morgan fingerprint density at radius 3 is 2.68 bits per heavy atom. The average molecular weight is 300 g/mol. The SMILES string of the molecule is CCNC(=O)CN(CC)c1ccc(Cl)cc1C(N)=S. The van der Waals surface area contributed by atoms with Crippen LogP contribution >= 0.6 is 23.8 Å². The number of anilines is 1. The van der Waals surface area contributed by atoms with Gasteiger partial charge in [-0.2, -0.15) is 0 Å². The van der Waals surface area contributed by atoms with Gasteiger partial charge in [0.25, 0.3) is 0 Å². The van der Waals surface area contributed by atoms with Gasteiger partial charge in [-0.3, -0.25) is 4.79 Å². The molecule has 0 heterocycles. The van der Waals surface area contributed by atoms with Crippen LogP contribution in [0, 0.1) is 0 Å². The second-order valence-electron chi connectivity index (χ2n) is 3.99. The third kappa shape index (κ3) is 4.36. The van der Waals surface area contributed by atoms with Crippen LogP contribution in [0.1, 0.15) is 19.4 Å². The van der Waals surface area contributed by atoms with Gasteiger partial charge in [-0.05, 0) is 32.0 Å². The Balaban J connectivity index is 3.04. The molecule has 0 bridgehead atoms. The number of nitrogens with zero attached hydrogens (tertiary/aromatic N) is 1. The maximum atomic E-state index is 11.7. The molecule has 0 aliphatic heterocycles. The highest BCUT2D eigenvalue weighted by Crippen LogP contribution is 2.24. The minimum atomic E-state index is -0.0341. The van der Waals surface area contributed by atoms with Gasteiger partial charge in [0.05, 0.1) is 6.54 Å². The predicted octanol–water partition coefficient (Wildman–Crippen LogP) is 1.94. The van der Waals surface area contributed by atoms with Crippen molar-refractivity contribution >= 4 is 40.4 Å². The molecule has 0 atom stereocenters. The van der Waals surface area contributed by atoms with Crippen molar-refractivity contribution in [2.45, 2.75) is 13.8 Å². The monoisotopic (exact) mass is 299 g/mol. The summed E-state index contributed by atoms with van der Waals surface area (Å²) in [7, 11) is 0. The van der Waals surface area contributed by atoms with E-state index in [1.165, 1.54) is 0 Å². The van der Waals surface area contributed by atoms with E-state index in [0.717, 1.165) is 5.69 Å². The topological polar surface area (TPSA) is 58.4 Å². The van der Waals surface area contributed by atoms with E-state index in [2.05, 4.69) is 5.32 Å². The van der Waals surface area contributed by atoms with E-state index in [0.29, 0.717) is 23.7 Å². The van der Waals surface area contributed by atoms with Crippen molar-refractivity contribution < 1.29 is 4.79 Å². The van der Waals surface area contributed by atoms with Crippen molar-refractivity contribution in [1.29, 1.82) is 0 Å². The van der Waals surface area contributed by atoms with Crippen LogP contribution in [0.25, 0.3) is 0 Å². The minimum absolute atomic E-state index is 0.0341. The number of thiocarbonyl (C=S) groups is 1. The van der Waals surface area contributed by atoms with Gasteiger partial charge in [0.15, 0.2) is 0 Å². The van der Waals surface area contributed by atoms with Crippen LogP contribution in [0.5, 0.6) is 0 Å². The maximum absolute atomic E-state index is 11.7. The van der Waals surface area contributed by atoms with Crippen molar-refractivity contribution in [2.75, 3.05) is 24.5 Å². The Morgan fingerprint density at radius 1 is 1.47 bits per heavy atom.